The lowest BCUT2D eigenvalue weighted by molar-refractivity contribution is -0.143. The minimum Gasteiger partial charge on any atom is -0.357 e. The van der Waals surface area contributed by atoms with Gasteiger partial charge in [-0.05, 0) is 40.3 Å². The minimum atomic E-state index is -4.19. The summed E-state index contributed by atoms with van der Waals surface area (Å²) in [6.07, 6.45) is -2.04. The van der Waals surface area contributed by atoms with Crippen LogP contribution < -0.4 is 10.6 Å². The molecule has 2 N–H and O–H groups in total. The Balaban J connectivity index is 4.27. The number of alkyl halides is 3. The molecule has 144 valence electrons. The molecular formula is C14H29F3N4O2S. The zero-order chi connectivity index (χ0) is 18.8. The molecule has 10 heteroatoms. The Labute approximate surface area is 142 Å². The van der Waals surface area contributed by atoms with Gasteiger partial charge in [-0.1, -0.05) is 0 Å². The maximum Gasteiger partial charge on any atom is 0.401 e. The van der Waals surface area contributed by atoms with Crippen molar-refractivity contribution in [3.8, 4) is 0 Å². The lowest BCUT2D eigenvalue weighted by atomic mass is 10.3. The van der Waals surface area contributed by atoms with E-state index in [1.54, 1.807) is 0 Å². The largest absolute Gasteiger partial charge is 0.401 e. The molecule has 0 radical (unpaired) electrons. The molecule has 1 unspecified atom stereocenters. The summed E-state index contributed by atoms with van der Waals surface area (Å²) in [4.78, 5) is 5.52. The van der Waals surface area contributed by atoms with Crippen LogP contribution in [0.2, 0.25) is 0 Å². The second-order valence-electron chi connectivity index (χ2n) is 5.93. The van der Waals surface area contributed by atoms with Gasteiger partial charge in [0.25, 0.3) is 0 Å². The number of hydrogen-bond donors (Lipinski definition) is 2. The standard InChI is InChI=1S/C14H29F3N4O2S/c1-5-18-13(20-12(2)7-10-24(4,22)23)19-8-6-9-21(3)11-14(15,16)17/h12H,5-11H2,1-4H3,(H2,18,19,20). The number of rotatable bonds is 10. The van der Waals surface area contributed by atoms with Crippen LogP contribution >= 0.6 is 0 Å². The highest BCUT2D eigenvalue weighted by molar-refractivity contribution is 7.90. The maximum absolute atomic E-state index is 12.2. The number of nitrogens with zero attached hydrogens (tertiary/aromatic N) is 2. The van der Waals surface area contributed by atoms with Crippen molar-refractivity contribution in [1.29, 1.82) is 0 Å². The molecule has 0 spiro atoms. The van der Waals surface area contributed by atoms with Crippen molar-refractivity contribution >= 4 is 15.8 Å². The van der Waals surface area contributed by atoms with Crippen molar-refractivity contribution < 1.29 is 21.6 Å². The first kappa shape index (κ1) is 23.0. The average Bonchev–Trinajstić information content (AvgIpc) is 2.38. The van der Waals surface area contributed by atoms with E-state index < -0.39 is 22.6 Å². The number of sulfone groups is 1. The van der Waals surface area contributed by atoms with E-state index in [9.17, 15) is 21.6 Å². The van der Waals surface area contributed by atoms with Crippen molar-refractivity contribution in [3.05, 3.63) is 0 Å². The fourth-order valence-corrected chi connectivity index (χ4v) is 2.71. The molecular weight excluding hydrogens is 345 g/mol. The van der Waals surface area contributed by atoms with E-state index >= 15 is 0 Å². The van der Waals surface area contributed by atoms with E-state index in [1.165, 1.54) is 18.2 Å². The van der Waals surface area contributed by atoms with Gasteiger partial charge < -0.3 is 10.6 Å². The van der Waals surface area contributed by atoms with E-state index in [1.807, 2.05) is 13.8 Å². The summed E-state index contributed by atoms with van der Waals surface area (Å²) >= 11 is 0. The van der Waals surface area contributed by atoms with Crippen LogP contribution in [0.15, 0.2) is 4.99 Å². The summed E-state index contributed by atoms with van der Waals surface area (Å²) in [5, 5.41) is 6.13. The first-order valence-corrected chi connectivity index (χ1v) is 9.97. The van der Waals surface area contributed by atoms with Gasteiger partial charge in [0.05, 0.1) is 12.3 Å². The van der Waals surface area contributed by atoms with Crippen molar-refractivity contribution in [1.82, 2.24) is 15.5 Å². The predicted octanol–water partition coefficient (Wildman–Crippen LogP) is 1.25. The lowest BCUT2D eigenvalue weighted by Crippen LogP contribution is -2.43. The fourth-order valence-electron chi connectivity index (χ4n) is 1.93. The zero-order valence-corrected chi connectivity index (χ0v) is 15.6. The number of nitrogens with one attached hydrogen (secondary N) is 2. The van der Waals surface area contributed by atoms with Gasteiger partial charge in [-0.15, -0.1) is 0 Å². The first-order valence-electron chi connectivity index (χ1n) is 7.91. The SMILES string of the molecule is CCNC(=NCCCN(C)CC(F)(F)F)NC(C)CCS(C)(=O)=O. The predicted molar refractivity (Wildman–Crippen MR) is 91.1 cm³/mol. The highest BCUT2D eigenvalue weighted by atomic mass is 32.2. The van der Waals surface area contributed by atoms with E-state index in [0.29, 0.717) is 38.4 Å². The van der Waals surface area contributed by atoms with Gasteiger partial charge in [-0.25, -0.2) is 8.42 Å². The molecule has 6 nitrogen and oxygen atoms in total. The number of hydrogen-bond acceptors (Lipinski definition) is 4. The highest BCUT2D eigenvalue weighted by Gasteiger charge is 2.28. The van der Waals surface area contributed by atoms with Crippen molar-refractivity contribution in [2.45, 2.75) is 38.9 Å². The molecule has 0 heterocycles. The Kier molecular flexibility index (Phi) is 10.3. The van der Waals surface area contributed by atoms with Gasteiger partial charge >= 0.3 is 6.18 Å². The second kappa shape index (κ2) is 10.8. The van der Waals surface area contributed by atoms with Crippen LogP contribution in [0.3, 0.4) is 0 Å². The zero-order valence-electron chi connectivity index (χ0n) is 14.8. The molecule has 0 rings (SSSR count). The summed E-state index contributed by atoms with van der Waals surface area (Å²) in [6, 6.07) is -0.0783. The Bertz CT molecular complexity index is 481. The first-order chi connectivity index (χ1) is 10.9. The molecule has 0 saturated heterocycles. The minimum absolute atomic E-state index is 0.0783. The quantitative estimate of drug-likeness (QED) is 0.342. The topological polar surface area (TPSA) is 73.8 Å². The summed E-state index contributed by atoms with van der Waals surface area (Å²) in [6.45, 7) is 4.14. The fraction of sp³-hybridized carbons (Fsp3) is 0.929. The Morgan fingerprint density at radius 1 is 1.33 bits per heavy atom. The lowest BCUT2D eigenvalue weighted by Gasteiger charge is -2.19. The summed E-state index contributed by atoms with van der Waals surface area (Å²) in [5.74, 6) is 0.625. The third-order valence-electron chi connectivity index (χ3n) is 3.07. The van der Waals surface area contributed by atoms with Crippen LogP contribution in [0.25, 0.3) is 0 Å². The van der Waals surface area contributed by atoms with Crippen LogP contribution in [-0.4, -0.2) is 76.7 Å². The Morgan fingerprint density at radius 2 is 1.96 bits per heavy atom. The normalized spacial score (nSPS) is 14.8. The second-order valence-corrected chi connectivity index (χ2v) is 8.19. The van der Waals surface area contributed by atoms with Gasteiger partial charge in [0, 0.05) is 25.4 Å². The molecule has 0 aliphatic rings. The van der Waals surface area contributed by atoms with Crippen LogP contribution in [0.1, 0.15) is 26.7 Å². The highest BCUT2D eigenvalue weighted by Crippen LogP contribution is 2.15. The molecule has 1 atom stereocenters. The smallest absolute Gasteiger partial charge is 0.357 e. The van der Waals surface area contributed by atoms with Crippen LogP contribution in [0, 0.1) is 0 Å². The van der Waals surface area contributed by atoms with Crippen molar-refractivity contribution in [3.63, 3.8) is 0 Å². The molecule has 0 aromatic rings. The summed E-state index contributed by atoms with van der Waals surface area (Å²) < 4.78 is 59.0. The Morgan fingerprint density at radius 3 is 2.46 bits per heavy atom. The molecule has 0 amide bonds. The molecule has 0 aliphatic carbocycles. The third-order valence-corrected chi connectivity index (χ3v) is 4.04. The number of halogens is 3. The van der Waals surface area contributed by atoms with Gasteiger partial charge in [0.1, 0.15) is 9.84 Å². The number of aliphatic imine (C=N–C) groups is 1. The van der Waals surface area contributed by atoms with E-state index in [-0.39, 0.29) is 11.8 Å². The molecule has 0 saturated carbocycles. The van der Waals surface area contributed by atoms with Crippen molar-refractivity contribution in [2.24, 2.45) is 4.99 Å². The Hall–Kier alpha value is -1.03. The van der Waals surface area contributed by atoms with Crippen LogP contribution in [0.5, 0.6) is 0 Å². The molecule has 0 bridgehead atoms. The average molecular weight is 374 g/mol. The molecule has 0 aromatic heterocycles. The molecule has 0 fully saturated rings. The van der Waals surface area contributed by atoms with Crippen LogP contribution in [0.4, 0.5) is 13.2 Å². The molecule has 24 heavy (non-hydrogen) atoms. The van der Waals surface area contributed by atoms with Gasteiger partial charge in [0.15, 0.2) is 5.96 Å². The van der Waals surface area contributed by atoms with E-state index in [4.69, 9.17) is 0 Å². The monoisotopic (exact) mass is 374 g/mol. The molecule has 0 aromatic carbocycles. The summed E-state index contributed by atoms with van der Waals surface area (Å²) in [5.41, 5.74) is 0. The maximum atomic E-state index is 12.2. The van der Waals surface area contributed by atoms with Crippen molar-refractivity contribution in [2.75, 3.05) is 45.2 Å². The van der Waals surface area contributed by atoms with Gasteiger partial charge in [-0.2, -0.15) is 13.2 Å². The van der Waals surface area contributed by atoms with E-state index in [2.05, 4.69) is 15.6 Å². The van der Waals surface area contributed by atoms with Crippen LogP contribution in [-0.2, 0) is 9.84 Å². The van der Waals surface area contributed by atoms with Gasteiger partial charge in [0.2, 0.25) is 0 Å². The third kappa shape index (κ3) is 14.6. The molecule has 0 aliphatic heterocycles. The number of guanidine groups is 1. The summed E-state index contributed by atoms with van der Waals surface area (Å²) in [7, 11) is -1.59. The van der Waals surface area contributed by atoms with Gasteiger partial charge in [-0.3, -0.25) is 9.89 Å². The van der Waals surface area contributed by atoms with E-state index in [0.717, 1.165) is 0 Å².